The summed E-state index contributed by atoms with van der Waals surface area (Å²) in [4.78, 5) is 31.9. The number of ether oxygens (including phenoxy) is 2. The van der Waals surface area contributed by atoms with Crippen LogP contribution in [-0.2, 0) is 13.6 Å². The van der Waals surface area contributed by atoms with Crippen molar-refractivity contribution in [3.8, 4) is 11.5 Å². The molecule has 9 heteroatoms. The topological polar surface area (TPSA) is 90.6 Å². The smallest absolute Gasteiger partial charge is 0.418 e. The van der Waals surface area contributed by atoms with Gasteiger partial charge in [0.25, 0.3) is 0 Å². The summed E-state index contributed by atoms with van der Waals surface area (Å²) in [6.45, 7) is 4.56. The Hall–Kier alpha value is -3.33. The fourth-order valence-corrected chi connectivity index (χ4v) is 4.14. The van der Waals surface area contributed by atoms with E-state index in [1.165, 1.54) is 0 Å². The summed E-state index contributed by atoms with van der Waals surface area (Å²) in [6, 6.07) is 6.93. The van der Waals surface area contributed by atoms with Crippen LogP contribution in [0.15, 0.2) is 35.3 Å². The minimum Gasteiger partial charge on any atom is -0.497 e. The van der Waals surface area contributed by atoms with Crippen LogP contribution in [-0.4, -0.2) is 52.4 Å². The number of anilines is 1. The molecule has 0 bridgehead atoms. The van der Waals surface area contributed by atoms with Crippen molar-refractivity contribution in [1.29, 1.82) is 0 Å². The average Bonchev–Trinajstić information content (AvgIpc) is 3.01. The van der Waals surface area contributed by atoms with E-state index in [1.54, 1.807) is 53.8 Å². The highest BCUT2D eigenvalue weighted by atomic mass is 16.6. The SMILES string of the molecule is COc1ccc(OC(=O)Nc2cc3c(cn2)n(C)c(=O)n3CC2CCN(C)CC2)c(C)c1. The molecule has 0 unspecified atom stereocenters. The Morgan fingerprint density at radius 3 is 2.62 bits per heavy atom. The van der Waals surface area contributed by atoms with Crippen LogP contribution in [0.3, 0.4) is 0 Å². The van der Waals surface area contributed by atoms with Gasteiger partial charge in [0.2, 0.25) is 0 Å². The minimum absolute atomic E-state index is 0.0747. The van der Waals surface area contributed by atoms with Gasteiger partial charge >= 0.3 is 11.8 Å². The Labute approximate surface area is 186 Å². The van der Waals surface area contributed by atoms with Crippen molar-refractivity contribution >= 4 is 22.9 Å². The highest BCUT2D eigenvalue weighted by Gasteiger charge is 2.21. The number of rotatable bonds is 5. The third kappa shape index (κ3) is 4.47. The third-order valence-electron chi connectivity index (χ3n) is 6.13. The number of fused-ring (bicyclic) bond motifs is 1. The van der Waals surface area contributed by atoms with E-state index in [4.69, 9.17) is 9.47 Å². The van der Waals surface area contributed by atoms with E-state index >= 15 is 0 Å². The fourth-order valence-electron chi connectivity index (χ4n) is 4.14. The molecule has 2 aromatic heterocycles. The van der Waals surface area contributed by atoms with Crippen LogP contribution < -0.4 is 20.5 Å². The van der Waals surface area contributed by atoms with E-state index in [2.05, 4.69) is 22.2 Å². The van der Waals surface area contributed by atoms with Crippen LogP contribution in [0, 0.1) is 12.8 Å². The van der Waals surface area contributed by atoms with Gasteiger partial charge in [-0.3, -0.25) is 14.5 Å². The zero-order valence-electron chi connectivity index (χ0n) is 18.9. The van der Waals surface area contributed by atoms with E-state index in [-0.39, 0.29) is 5.69 Å². The van der Waals surface area contributed by atoms with Crippen molar-refractivity contribution in [1.82, 2.24) is 19.0 Å². The van der Waals surface area contributed by atoms with E-state index in [1.807, 2.05) is 6.92 Å². The lowest BCUT2D eigenvalue weighted by Gasteiger charge is -2.29. The summed E-state index contributed by atoms with van der Waals surface area (Å²) < 4.78 is 14.0. The molecule has 32 heavy (non-hydrogen) atoms. The van der Waals surface area contributed by atoms with Crippen molar-refractivity contribution in [2.24, 2.45) is 13.0 Å². The monoisotopic (exact) mass is 439 g/mol. The summed E-state index contributed by atoms with van der Waals surface area (Å²) in [5.41, 5.74) is 2.18. The Morgan fingerprint density at radius 1 is 1.19 bits per heavy atom. The second-order valence-corrected chi connectivity index (χ2v) is 8.40. The molecule has 170 valence electrons. The number of nitrogens with zero attached hydrogens (tertiary/aromatic N) is 4. The number of benzene rings is 1. The fraction of sp³-hybridized carbons (Fsp3) is 0.435. The van der Waals surface area contributed by atoms with Crippen LogP contribution in [0.1, 0.15) is 18.4 Å². The molecule has 9 nitrogen and oxygen atoms in total. The molecule has 1 aliphatic heterocycles. The molecule has 4 rings (SSSR count). The lowest BCUT2D eigenvalue weighted by molar-refractivity contribution is 0.205. The Morgan fingerprint density at radius 2 is 1.94 bits per heavy atom. The zero-order chi connectivity index (χ0) is 22.8. The zero-order valence-corrected chi connectivity index (χ0v) is 18.9. The normalized spacial score (nSPS) is 15.1. The van der Waals surface area contributed by atoms with Crippen molar-refractivity contribution in [3.05, 3.63) is 46.5 Å². The quantitative estimate of drug-likeness (QED) is 0.657. The van der Waals surface area contributed by atoms with Crippen molar-refractivity contribution in [3.63, 3.8) is 0 Å². The molecule has 3 aromatic rings. The third-order valence-corrected chi connectivity index (χ3v) is 6.13. The largest absolute Gasteiger partial charge is 0.497 e. The van der Waals surface area contributed by atoms with E-state index in [9.17, 15) is 9.59 Å². The molecule has 0 aliphatic carbocycles. The lowest BCUT2D eigenvalue weighted by Crippen LogP contribution is -2.34. The Balaban J connectivity index is 1.53. The van der Waals surface area contributed by atoms with Gasteiger partial charge in [0.05, 0.1) is 24.3 Å². The first-order valence-corrected chi connectivity index (χ1v) is 10.7. The van der Waals surface area contributed by atoms with Crippen molar-refractivity contribution in [2.45, 2.75) is 26.3 Å². The second-order valence-electron chi connectivity index (χ2n) is 8.40. The maximum absolute atomic E-state index is 12.9. The van der Waals surface area contributed by atoms with Gasteiger partial charge in [-0.2, -0.15) is 0 Å². The van der Waals surface area contributed by atoms with E-state index in [0.717, 1.165) is 42.5 Å². The summed E-state index contributed by atoms with van der Waals surface area (Å²) in [7, 11) is 5.45. The Kier molecular flexibility index (Phi) is 6.18. The van der Waals surface area contributed by atoms with Gasteiger partial charge in [-0.1, -0.05) is 0 Å². The maximum atomic E-state index is 12.9. The summed E-state index contributed by atoms with van der Waals surface area (Å²) in [5, 5.41) is 2.67. The number of aromatic nitrogens is 3. The second kappa shape index (κ2) is 9.04. The predicted octanol–water partition coefficient (Wildman–Crippen LogP) is 3.00. The molecule has 1 aromatic carbocycles. The number of aryl methyl sites for hydroxylation is 2. The average molecular weight is 440 g/mol. The maximum Gasteiger partial charge on any atom is 0.418 e. The first-order chi connectivity index (χ1) is 15.4. The molecule has 1 amide bonds. The molecule has 1 aliphatic rings. The molecule has 0 atom stereocenters. The summed E-state index contributed by atoms with van der Waals surface area (Å²) >= 11 is 0. The number of amides is 1. The number of carbonyl (C=O) groups excluding carboxylic acids is 1. The number of methoxy groups -OCH3 is 1. The standard InChI is InChI=1S/C23H29N5O4/c1-15-11-17(31-4)5-6-20(15)32-22(29)25-21-12-18-19(13-24-21)27(3)23(30)28(18)14-16-7-9-26(2)10-8-16/h5-6,11-13,16H,7-10,14H2,1-4H3,(H,24,25,29). The first kappa shape index (κ1) is 21.9. The first-order valence-electron chi connectivity index (χ1n) is 10.7. The van der Waals surface area contributed by atoms with Crippen LogP contribution in [0.5, 0.6) is 11.5 Å². The van der Waals surface area contributed by atoms with Crippen LogP contribution in [0.2, 0.25) is 0 Å². The van der Waals surface area contributed by atoms with E-state index in [0.29, 0.717) is 29.8 Å². The van der Waals surface area contributed by atoms with Gasteiger partial charge in [-0.05, 0) is 69.6 Å². The van der Waals surface area contributed by atoms with Crippen LogP contribution in [0.4, 0.5) is 10.6 Å². The molecule has 1 N–H and O–H groups in total. The number of carbonyl (C=O) groups is 1. The number of pyridine rings is 1. The molecule has 0 spiro atoms. The number of hydrogen-bond acceptors (Lipinski definition) is 6. The number of piperidine rings is 1. The van der Waals surface area contributed by atoms with Gasteiger partial charge in [0, 0.05) is 19.7 Å². The van der Waals surface area contributed by atoms with Crippen LogP contribution >= 0.6 is 0 Å². The highest BCUT2D eigenvalue weighted by Crippen LogP contribution is 2.24. The van der Waals surface area contributed by atoms with Gasteiger partial charge in [0.15, 0.2) is 0 Å². The molecule has 1 fully saturated rings. The van der Waals surface area contributed by atoms with Crippen LogP contribution in [0.25, 0.3) is 11.0 Å². The molecule has 3 heterocycles. The van der Waals surface area contributed by atoms with Gasteiger partial charge in [0.1, 0.15) is 17.3 Å². The van der Waals surface area contributed by atoms with E-state index < -0.39 is 6.09 Å². The summed E-state index contributed by atoms with van der Waals surface area (Å²) in [5.74, 6) is 1.90. The molecule has 1 saturated heterocycles. The molecular weight excluding hydrogens is 410 g/mol. The number of nitrogens with one attached hydrogen (secondary N) is 1. The van der Waals surface area contributed by atoms with Gasteiger partial charge in [-0.15, -0.1) is 0 Å². The number of imidazole rings is 1. The van der Waals surface area contributed by atoms with Gasteiger partial charge < -0.3 is 14.4 Å². The van der Waals surface area contributed by atoms with Crippen molar-refractivity contribution < 1.29 is 14.3 Å². The number of hydrogen-bond donors (Lipinski definition) is 1. The lowest BCUT2D eigenvalue weighted by atomic mass is 9.97. The summed E-state index contributed by atoms with van der Waals surface area (Å²) in [6.07, 6.45) is 3.08. The predicted molar refractivity (Wildman–Crippen MR) is 123 cm³/mol. The number of likely N-dealkylation sites (tertiary alicyclic amines) is 1. The minimum atomic E-state index is -0.648. The Bertz CT molecular complexity index is 1190. The molecule has 0 radical (unpaired) electrons. The highest BCUT2D eigenvalue weighted by molar-refractivity contribution is 5.88. The van der Waals surface area contributed by atoms with Crippen molar-refractivity contribution in [2.75, 3.05) is 32.6 Å². The van der Waals surface area contributed by atoms with Gasteiger partial charge in [-0.25, -0.2) is 14.6 Å². The molecular formula is C23H29N5O4. The molecule has 0 saturated carbocycles.